The van der Waals surface area contributed by atoms with Gasteiger partial charge in [-0.25, -0.2) is 0 Å². The maximum Gasteiger partial charge on any atom is 0.231 e. The predicted octanol–water partition coefficient (Wildman–Crippen LogP) is 2.76. The average molecular weight is 178 g/mol. The molecule has 1 aromatic carbocycles. The zero-order valence-corrected chi connectivity index (χ0v) is 7.88. The second-order valence-corrected chi connectivity index (χ2v) is 3.29. The van der Waals surface area contributed by atoms with Crippen molar-refractivity contribution in [3.8, 4) is 11.5 Å². The van der Waals surface area contributed by atoms with E-state index in [0.29, 0.717) is 6.79 Å². The first-order valence-electron chi connectivity index (χ1n) is 4.78. The standard InChI is InChI=1S/C11H14O2/c1-2-3-4-9-5-6-10-11(7-9)13-8-12-10/h5-7H,2-4,8H2,1H3. The molecule has 0 radical (unpaired) electrons. The Balaban J connectivity index is 2.12. The first-order chi connectivity index (χ1) is 6.40. The lowest BCUT2D eigenvalue weighted by atomic mass is 10.1. The Morgan fingerprint density at radius 2 is 2.08 bits per heavy atom. The molecule has 0 unspecified atom stereocenters. The minimum atomic E-state index is 0.368. The van der Waals surface area contributed by atoms with Crippen LogP contribution in [-0.2, 0) is 6.42 Å². The minimum absolute atomic E-state index is 0.368. The number of hydrogen-bond donors (Lipinski definition) is 0. The molecule has 0 fully saturated rings. The average Bonchev–Trinajstić information content (AvgIpc) is 2.61. The lowest BCUT2D eigenvalue weighted by Gasteiger charge is -2.01. The molecule has 0 amide bonds. The Bertz CT molecular complexity index is 294. The van der Waals surface area contributed by atoms with E-state index in [0.717, 1.165) is 17.9 Å². The Kier molecular flexibility index (Phi) is 2.39. The van der Waals surface area contributed by atoms with Crippen molar-refractivity contribution in [1.82, 2.24) is 0 Å². The Morgan fingerprint density at radius 1 is 1.23 bits per heavy atom. The summed E-state index contributed by atoms with van der Waals surface area (Å²) < 4.78 is 10.5. The fourth-order valence-corrected chi connectivity index (χ4v) is 1.48. The van der Waals surface area contributed by atoms with E-state index in [-0.39, 0.29) is 0 Å². The summed E-state index contributed by atoms with van der Waals surface area (Å²) in [5.41, 5.74) is 1.34. The highest BCUT2D eigenvalue weighted by atomic mass is 16.7. The summed E-state index contributed by atoms with van der Waals surface area (Å²) >= 11 is 0. The summed E-state index contributed by atoms with van der Waals surface area (Å²) in [5.74, 6) is 1.77. The van der Waals surface area contributed by atoms with Crippen LogP contribution in [0.1, 0.15) is 25.3 Å². The van der Waals surface area contributed by atoms with Crippen molar-refractivity contribution in [2.45, 2.75) is 26.2 Å². The molecule has 13 heavy (non-hydrogen) atoms. The Morgan fingerprint density at radius 3 is 2.92 bits per heavy atom. The molecule has 0 bridgehead atoms. The number of benzene rings is 1. The summed E-state index contributed by atoms with van der Waals surface area (Å²) in [7, 11) is 0. The second kappa shape index (κ2) is 3.69. The third-order valence-corrected chi connectivity index (χ3v) is 2.26. The molecular formula is C11H14O2. The molecule has 0 aromatic heterocycles. The molecular weight excluding hydrogens is 164 g/mol. The fourth-order valence-electron chi connectivity index (χ4n) is 1.48. The molecule has 1 aliphatic rings. The molecule has 1 aliphatic heterocycles. The molecule has 70 valence electrons. The topological polar surface area (TPSA) is 18.5 Å². The van der Waals surface area contributed by atoms with Crippen molar-refractivity contribution in [3.05, 3.63) is 23.8 Å². The molecule has 2 rings (SSSR count). The Hall–Kier alpha value is -1.18. The highest BCUT2D eigenvalue weighted by molar-refractivity contribution is 5.44. The summed E-state index contributed by atoms with van der Waals surface area (Å²) in [5, 5.41) is 0. The van der Waals surface area contributed by atoms with Crippen LogP contribution >= 0.6 is 0 Å². The lowest BCUT2D eigenvalue weighted by Crippen LogP contribution is -1.92. The van der Waals surface area contributed by atoms with Crippen molar-refractivity contribution in [3.63, 3.8) is 0 Å². The summed E-state index contributed by atoms with van der Waals surface area (Å²) in [6.45, 7) is 2.57. The Labute approximate surface area is 78.5 Å². The van der Waals surface area contributed by atoms with Crippen LogP contribution in [0.3, 0.4) is 0 Å². The zero-order valence-electron chi connectivity index (χ0n) is 7.88. The molecule has 0 saturated heterocycles. The van der Waals surface area contributed by atoms with Crippen molar-refractivity contribution >= 4 is 0 Å². The molecule has 0 N–H and O–H groups in total. The van der Waals surface area contributed by atoms with Gasteiger partial charge in [-0.3, -0.25) is 0 Å². The summed E-state index contributed by atoms with van der Waals surface area (Å²) in [6, 6.07) is 6.19. The molecule has 2 heteroatoms. The highest BCUT2D eigenvalue weighted by Crippen LogP contribution is 2.32. The zero-order chi connectivity index (χ0) is 9.10. The SMILES string of the molecule is CCCCc1ccc2c(c1)OCO2. The largest absolute Gasteiger partial charge is 0.454 e. The van der Waals surface area contributed by atoms with E-state index in [9.17, 15) is 0 Å². The van der Waals surface area contributed by atoms with Gasteiger partial charge in [-0.15, -0.1) is 0 Å². The lowest BCUT2D eigenvalue weighted by molar-refractivity contribution is 0.174. The third kappa shape index (κ3) is 1.77. The maximum absolute atomic E-state index is 5.30. The van der Waals surface area contributed by atoms with E-state index in [1.165, 1.54) is 18.4 Å². The molecule has 0 spiro atoms. The van der Waals surface area contributed by atoms with Crippen molar-refractivity contribution in [1.29, 1.82) is 0 Å². The van der Waals surface area contributed by atoms with Gasteiger partial charge in [0.2, 0.25) is 6.79 Å². The van der Waals surface area contributed by atoms with Crippen LogP contribution in [-0.4, -0.2) is 6.79 Å². The first-order valence-corrected chi connectivity index (χ1v) is 4.78. The molecule has 0 saturated carbocycles. The minimum Gasteiger partial charge on any atom is -0.454 e. The smallest absolute Gasteiger partial charge is 0.231 e. The van der Waals surface area contributed by atoms with Crippen LogP contribution in [0.4, 0.5) is 0 Å². The van der Waals surface area contributed by atoms with Crippen LogP contribution in [0, 0.1) is 0 Å². The van der Waals surface area contributed by atoms with Gasteiger partial charge in [0.05, 0.1) is 0 Å². The van der Waals surface area contributed by atoms with E-state index in [4.69, 9.17) is 9.47 Å². The van der Waals surface area contributed by atoms with Crippen LogP contribution in [0.2, 0.25) is 0 Å². The summed E-state index contributed by atoms with van der Waals surface area (Å²) in [6.07, 6.45) is 3.60. The van der Waals surface area contributed by atoms with Crippen molar-refractivity contribution < 1.29 is 9.47 Å². The monoisotopic (exact) mass is 178 g/mol. The van der Waals surface area contributed by atoms with Gasteiger partial charge >= 0.3 is 0 Å². The molecule has 1 aromatic rings. The third-order valence-electron chi connectivity index (χ3n) is 2.26. The van der Waals surface area contributed by atoms with Crippen molar-refractivity contribution in [2.75, 3.05) is 6.79 Å². The van der Waals surface area contributed by atoms with Gasteiger partial charge < -0.3 is 9.47 Å². The van der Waals surface area contributed by atoms with Gasteiger partial charge in [0.15, 0.2) is 11.5 Å². The predicted molar refractivity (Wildman–Crippen MR) is 51.2 cm³/mol. The quantitative estimate of drug-likeness (QED) is 0.708. The second-order valence-electron chi connectivity index (χ2n) is 3.29. The van der Waals surface area contributed by atoms with E-state index >= 15 is 0 Å². The van der Waals surface area contributed by atoms with E-state index < -0.39 is 0 Å². The van der Waals surface area contributed by atoms with Gasteiger partial charge in [-0.05, 0) is 30.5 Å². The van der Waals surface area contributed by atoms with Crippen molar-refractivity contribution in [2.24, 2.45) is 0 Å². The number of rotatable bonds is 3. The molecule has 1 heterocycles. The summed E-state index contributed by atoms with van der Waals surface area (Å²) in [4.78, 5) is 0. The van der Waals surface area contributed by atoms with Gasteiger partial charge in [0.1, 0.15) is 0 Å². The number of hydrogen-bond acceptors (Lipinski definition) is 2. The highest BCUT2D eigenvalue weighted by Gasteiger charge is 2.12. The molecule has 2 nitrogen and oxygen atoms in total. The first kappa shape index (κ1) is 8.42. The van der Waals surface area contributed by atoms with Gasteiger partial charge in [-0.2, -0.15) is 0 Å². The van der Waals surface area contributed by atoms with Crippen LogP contribution in [0.5, 0.6) is 11.5 Å². The number of fused-ring (bicyclic) bond motifs is 1. The fraction of sp³-hybridized carbons (Fsp3) is 0.455. The number of unbranched alkanes of at least 4 members (excludes halogenated alkanes) is 1. The maximum atomic E-state index is 5.30. The van der Waals surface area contributed by atoms with Crippen LogP contribution < -0.4 is 9.47 Å². The molecule has 0 aliphatic carbocycles. The van der Waals surface area contributed by atoms with Crippen LogP contribution in [0.25, 0.3) is 0 Å². The number of ether oxygens (including phenoxy) is 2. The van der Waals surface area contributed by atoms with Gasteiger partial charge in [0, 0.05) is 0 Å². The van der Waals surface area contributed by atoms with E-state index in [1.54, 1.807) is 0 Å². The number of aryl methyl sites for hydroxylation is 1. The van der Waals surface area contributed by atoms with Gasteiger partial charge in [0.25, 0.3) is 0 Å². The van der Waals surface area contributed by atoms with E-state index in [1.807, 2.05) is 6.07 Å². The van der Waals surface area contributed by atoms with E-state index in [2.05, 4.69) is 19.1 Å². The normalized spacial score (nSPS) is 13.3. The van der Waals surface area contributed by atoms with Gasteiger partial charge in [-0.1, -0.05) is 19.4 Å². The molecule has 0 atom stereocenters. The van der Waals surface area contributed by atoms with Crippen LogP contribution in [0.15, 0.2) is 18.2 Å².